The molecule has 1 aromatic carbocycles. The van der Waals surface area contributed by atoms with Crippen LogP contribution in [0.4, 0.5) is 0 Å². The fraction of sp³-hybridized carbons (Fsp3) is 0.654. The summed E-state index contributed by atoms with van der Waals surface area (Å²) in [7, 11) is 0. The number of fused-ring (bicyclic) bond motifs is 1. The summed E-state index contributed by atoms with van der Waals surface area (Å²) < 4.78 is 12.1. The quantitative estimate of drug-likeness (QED) is 0.684. The average Bonchev–Trinajstić information content (AvgIpc) is 3.14. The number of piperidine rings is 2. The zero-order valence-electron chi connectivity index (χ0n) is 19.6. The maximum absolute atomic E-state index is 13.0. The van der Waals surface area contributed by atoms with Gasteiger partial charge in [0.25, 0.3) is 5.91 Å². The molecule has 34 heavy (non-hydrogen) atoms. The SMILES string of the molecule is O=C1CCC(N2Cc3cc(OC4CCCCC4N4CCC5(CC4)COC5)ccc3C2=O)C(=O)N1. The summed E-state index contributed by atoms with van der Waals surface area (Å²) in [6, 6.07) is 5.54. The first-order valence-electron chi connectivity index (χ1n) is 12.8. The minimum Gasteiger partial charge on any atom is -0.489 e. The van der Waals surface area contributed by atoms with E-state index in [0.717, 1.165) is 44.0 Å². The number of rotatable bonds is 4. The molecule has 8 nitrogen and oxygen atoms in total. The summed E-state index contributed by atoms with van der Waals surface area (Å²) in [6.07, 6.45) is 7.87. The van der Waals surface area contributed by atoms with Crippen LogP contribution < -0.4 is 10.1 Å². The molecule has 0 radical (unpaired) electrons. The molecule has 1 N–H and O–H groups in total. The Kier molecular flexibility index (Phi) is 5.60. The van der Waals surface area contributed by atoms with Crippen LogP contribution >= 0.6 is 0 Å². The van der Waals surface area contributed by atoms with Crippen LogP contribution in [-0.4, -0.2) is 72.0 Å². The van der Waals surface area contributed by atoms with Crippen molar-refractivity contribution in [2.24, 2.45) is 5.41 Å². The van der Waals surface area contributed by atoms with Gasteiger partial charge in [-0.3, -0.25) is 24.6 Å². The Balaban J connectivity index is 1.13. The van der Waals surface area contributed by atoms with E-state index in [1.165, 1.54) is 32.1 Å². The molecule has 1 aliphatic carbocycles. The van der Waals surface area contributed by atoms with E-state index in [4.69, 9.17) is 9.47 Å². The van der Waals surface area contributed by atoms with Gasteiger partial charge in [0, 0.05) is 30.0 Å². The second kappa shape index (κ2) is 8.64. The molecule has 1 aromatic rings. The lowest BCUT2D eigenvalue weighted by Crippen LogP contribution is -2.56. The van der Waals surface area contributed by atoms with Crippen molar-refractivity contribution >= 4 is 17.7 Å². The topological polar surface area (TPSA) is 88.2 Å². The van der Waals surface area contributed by atoms with Crippen LogP contribution in [0.15, 0.2) is 18.2 Å². The number of imide groups is 1. The second-order valence-corrected chi connectivity index (χ2v) is 10.8. The highest BCUT2D eigenvalue weighted by molar-refractivity contribution is 6.05. The van der Waals surface area contributed by atoms with E-state index in [-0.39, 0.29) is 30.2 Å². The first kappa shape index (κ1) is 22.0. The van der Waals surface area contributed by atoms with Crippen molar-refractivity contribution in [3.05, 3.63) is 29.3 Å². The van der Waals surface area contributed by atoms with Crippen LogP contribution in [0.2, 0.25) is 0 Å². The average molecular weight is 468 g/mol. The number of nitrogens with zero attached hydrogens (tertiary/aromatic N) is 2. The number of hydrogen-bond acceptors (Lipinski definition) is 6. The molecule has 5 aliphatic rings. The van der Waals surface area contributed by atoms with E-state index < -0.39 is 6.04 Å². The third kappa shape index (κ3) is 3.90. The summed E-state index contributed by atoms with van der Waals surface area (Å²) in [5.41, 5.74) is 1.95. The van der Waals surface area contributed by atoms with Gasteiger partial charge in [0.05, 0.1) is 13.2 Å². The van der Waals surface area contributed by atoms with Gasteiger partial charge in [0.2, 0.25) is 11.8 Å². The van der Waals surface area contributed by atoms with Crippen LogP contribution in [0.5, 0.6) is 5.75 Å². The summed E-state index contributed by atoms with van der Waals surface area (Å²) in [5.74, 6) is 0.00647. The van der Waals surface area contributed by atoms with E-state index in [9.17, 15) is 14.4 Å². The van der Waals surface area contributed by atoms with Crippen molar-refractivity contribution in [3.63, 3.8) is 0 Å². The Bertz CT molecular complexity index is 996. The first-order chi connectivity index (χ1) is 16.5. The third-order valence-electron chi connectivity index (χ3n) is 8.59. The van der Waals surface area contributed by atoms with Crippen LogP contribution in [0, 0.1) is 5.41 Å². The largest absolute Gasteiger partial charge is 0.489 e. The monoisotopic (exact) mass is 467 g/mol. The summed E-state index contributed by atoms with van der Waals surface area (Å²) in [4.78, 5) is 41.0. The van der Waals surface area contributed by atoms with Crippen molar-refractivity contribution in [2.45, 2.75) is 76.1 Å². The van der Waals surface area contributed by atoms with Crippen molar-refractivity contribution in [3.8, 4) is 5.75 Å². The Morgan fingerprint density at radius 1 is 1.03 bits per heavy atom. The minimum absolute atomic E-state index is 0.145. The van der Waals surface area contributed by atoms with E-state index in [1.54, 1.807) is 4.90 Å². The van der Waals surface area contributed by atoms with Crippen LogP contribution in [0.3, 0.4) is 0 Å². The van der Waals surface area contributed by atoms with Crippen LogP contribution in [-0.2, 0) is 20.9 Å². The molecule has 4 heterocycles. The van der Waals surface area contributed by atoms with E-state index in [1.807, 2.05) is 18.2 Å². The molecule has 0 aromatic heterocycles. The van der Waals surface area contributed by atoms with Crippen molar-refractivity contribution in [1.29, 1.82) is 0 Å². The van der Waals surface area contributed by atoms with Gasteiger partial charge in [-0.2, -0.15) is 0 Å². The highest BCUT2D eigenvalue weighted by Crippen LogP contribution is 2.40. The number of nitrogens with one attached hydrogen (secondary N) is 1. The minimum atomic E-state index is -0.590. The maximum Gasteiger partial charge on any atom is 0.255 e. The van der Waals surface area contributed by atoms with Gasteiger partial charge in [-0.05, 0) is 75.4 Å². The number of likely N-dealkylation sites (tertiary alicyclic amines) is 1. The van der Waals surface area contributed by atoms with Crippen molar-refractivity contribution < 1.29 is 23.9 Å². The maximum atomic E-state index is 13.0. The van der Waals surface area contributed by atoms with Gasteiger partial charge < -0.3 is 14.4 Å². The molecule has 1 spiro atoms. The Hall–Kier alpha value is -2.45. The number of carbonyl (C=O) groups excluding carboxylic acids is 3. The fourth-order valence-corrected chi connectivity index (χ4v) is 6.44. The zero-order valence-corrected chi connectivity index (χ0v) is 19.6. The van der Waals surface area contributed by atoms with E-state index in [2.05, 4.69) is 10.2 Å². The Morgan fingerprint density at radius 2 is 1.82 bits per heavy atom. The number of benzene rings is 1. The first-order valence-corrected chi connectivity index (χ1v) is 12.8. The lowest BCUT2D eigenvalue weighted by Gasteiger charge is -2.50. The summed E-state index contributed by atoms with van der Waals surface area (Å²) >= 11 is 0. The van der Waals surface area contributed by atoms with Gasteiger partial charge in [-0.15, -0.1) is 0 Å². The van der Waals surface area contributed by atoms with Crippen LogP contribution in [0.1, 0.15) is 67.3 Å². The van der Waals surface area contributed by atoms with Crippen molar-refractivity contribution in [1.82, 2.24) is 15.1 Å². The molecule has 182 valence electrons. The molecule has 3 amide bonds. The molecular weight excluding hydrogens is 434 g/mol. The van der Waals surface area contributed by atoms with Gasteiger partial charge >= 0.3 is 0 Å². The molecule has 0 bridgehead atoms. The molecule has 8 heteroatoms. The molecule has 3 unspecified atom stereocenters. The molecule has 4 aliphatic heterocycles. The molecule has 1 saturated carbocycles. The second-order valence-electron chi connectivity index (χ2n) is 10.8. The van der Waals surface area contributed by atoms with Gasteiger partial charge in [-0.1, -0.05) is 6.42 Å². The lowest BCUT2D eigenvalue weighted by molar-refractivity contribution is -0.146. The number of hydrogen-bond donors (Lipinski definition) is 1. The predicted molar refractivity (Wildman–Crippen MR) is 123 cm³/mol. The molecular formula is C26H33N3O5. The fourth-order valence-electron chi connectivity index (χ4n) is 6.44. The summed E-state index contributed by atoms with van der Waals surface area (Å²) in [6.45, 7) is 4.47. The smallest absolute Gasteiger partial charge is 0.255 e. The zero-order chi connectivity index (χ0) is 23.3. The Morgan fingerprint density at radius 3 is 2.56 bits per heavy atom. The third-order valence-corrected chi connectivity index (χ3v) is 8.59. The molecule has 6 rings (SSSR count). The normalized spacial score (nSPS) is 31.2. The number of carbonyl (C=O) groups is 3. The standard InChI is InChI=1S/C26H33N3O5/c30-23-8-7-21(24(31)27-23)29-14-17-13-18(5-6-19(17)25(29)32)34-22-4-2-1-3-20(22)28-11-9-26(10-12-28)15-33-16-26/h5-6,13,20-22H,1-4,7-12,14-16H2,(H,27,30,31). The highest BCUT2D eigenvalue weighted by atomic mass is 16.5. The highest BCUT2D eigenvalue weighted by Gasteiger charge is 2.44. The Labute approximate surface area is 199 Å². The lowest BCUT2D eigenvalue weighted by atomic mass is 9.76. The van der Waals surface area contributed by atoms with Gasteiger partial charge in [-0.25, -0.2) is 0 Å². The number of ether oxygens (including phenoxy) is 2. The van der Waals surface area contributed by atoms with Gasteiger partial charge in [0.1, 0.15) is 17.9 Å². The van der Waals surface area contributed by atoms with Crippen LogP contribution in [0.25, 0.3) is 0 Å². The summed E-state index contributed by atoms with van der Waals surface area (Å²) in [5, 5.41) is 2.36. The predicted octanol–water partition coefficient (Wildman–Crippen LogP) is 2.25. The molecule has 3 atom stereocenters. The number of amides is 3. The van der Waals surface area contributed by atoms with E-state index in [0.29, 0.717) is 30.0 Å². The van der Waals surface area contributed by atoms with Gasteiger partial charge in [0.15, 0.2) is 0 Å². The van der Waals surface area contributed by atoms with Crippen molar-refractivity contribution in [2.75, 3.05) is 26.3 Å². The molecule has 3 saturated heterocycles. The van der Waals surface area contributed by atoms with E-state index >= 15 is 0 Å². The molecule has 4 fully saturated rings.